The summed E-state index contributed by atoms with van der Waals surface area (Å²) in [4.78, 5) is 9.22. The topological polar surface area (TPSA) is 83.7 Å². The Morgan fingerprint density at radius 1 is 1.20 bits per heavy atom. The lowest BCUT2D eigenvalue weighted by atomic mass is 10.2. The van der Waals surface area contributed by atoms with Crippen LogP contribution in [0.4, 0.5) is 0 Å². The van der Waals surface area contributed by atoms with Crippen molar-refractivity contribution in [1.29, 1.82) is 0 Å². The molecule has 0 fully saturated rings. The van der Waals surface area contributed by atoms with Gasteiger partial charge in [0.2, 0.25) is 0 Å². The number of aromatic nitrogens is 2. The number of halogens is 1. The van der Waals surface area contributed by atoms with E-state index in [-0.39, 0.29) is 29.7 Å². The van der Waals surface area contributed by atoms with Crippen molar-refractivity contribution in [3.05, 3.63) is 53.9 Å². The quantitative estimate of drug-likeness (QED) is 0.181. The van der Waals surface area contributed by atoms with Crippen LogP contribution in [0.15, 0.2) is 47.5 Å². The number of nitrogens with one attached hydrogen (secondary N) is 2. The summed E-state index contributed by atoms with van der Waals surface area (Å²) in [6.45, 7) is 7.03. The normalized spacial score (nSPS) is 11.2. The van der Waals surface area contributed by atoms with Crippen LogP contribution in [-0.4, -0.2) is 40.8 Å². The maximum absolute atomic E-state index is 9.91. The molecule has 0 aliphatic rings. The zero-order valence-electron chi connectivity index (χ0n) is 17.7. The Morgan fingerprint density at radius 3 is 2.73 bits per heavy atom. The molecule has 3 aromatic rings. The van der Waals surface area contributed by atoms with Crippen LogP contribution in [0.2, 0.25) is 0 Å². The summed E-state index contributed by atoms with van der Waals surface area (Å²) in [6.07, 6.45) is 0.953. The van der Waals surface area contributed by atoms with E-state index in [1.165, 1.54) is 12.6 Å². The molecule has 0 amide bonds. The van der Waals surface area contributed by atoms with Gasteiger partial charge in [0.25, 0.3) is 0 Å². The van der Waals surface area contributed by atoms with Gasteiger partial charge in [-0.1, -0.05) is 18.2 Å². The number of aliphatic imine (C=N–C) groups is 1. The van der Waals surface area contributed by atoms with Crippen LogP contribution in [-0.2, 0) is 13.1 Å². The predicted molar refractivity (Wildman–Crippen MR) is 132 cm³/mol. The third-order valence-electron chi connectivity index (χ3n) is 4.70. The number of hydrogen-bond donors (Lipinski definition) is 3. The number of phenols is 1. The first kappa shape index (κ1) is 23.8. The third-order valence-corrected chi connectivity index (χ3v) is 4.70. The molecule has 3 rings (SSSR count). The Hall–Kier alpha value is -2.49. The summed E-state index contributed by atoms with van der Waals surface area (Å²) in [7, 11) is 1.54. The number of para-hydroxylation sites is 2. The summed E-state index contributed by atoms with van der Waals surface area (Å²) in [5.41, 5.74) is 3.13. The summed E-state index contributed by atoms with van der Waals surface area (Å²) >= 11 is 0. The molecule has 162 valence electrons. The van der Waals surface area contributed by atoms with E-state index in [9.17, 15) is 5.11 Å². The number of methoxy groups -OCH3 is 1. The smallest absolute Gasteiger partial charge is 0.191 e. The Labute approximate surface area is 194 Å². The van der Waals surface area contributed by atoms with E-state index in [1.807, 2.05) is 38.1 Å². The molecule has 0 saturated carbocycles. The van der Waals surface area contributed by atoms with Crippen molar-refractivity contribution in [2.75, 3.05) is 20.2 Å². The number of ether oxygens (including phenoxy) is 1. The standard InChI is InChI=1S/C22H29N5O2.HI/c1-4-23-22(25-15-17-10-11-21(29-3)20(28)14-17)24-12-7-13-27-16(2)26-18-8-5-6-9-19(18)27;/h5-6,8-11,14,28H,4,7,12-13,15H2,1-3H3,(H2,23,24,25);1H. The highest BCUT2D eigenvalue weighted by atomic mass is 127. The van der Waals surface area contributed by atoms with Gasteiger partial charge in [-0.15, -0.1) is 24.0 Å². The summed E-state index contributed by atoms with van der Waals surface area (Å²) in [5, 5.41) is 16.5. The Balaban J connectivity index is 0.00000320. The van der Waals surface area contributed by atoms with Gasteiger partial charge < -0.3 is 25.0 Å². The minimum absolute atomic E-state index is 0. The minimum atomic E-state index is 0. The fourth-order valence-corrected chi connectivity index (χ4v) is 3.27. The molecule has 0 unspecified atom stereocenters. The lowest BCUT2D eigenvalue weighted by Crippen LogP contribution is -2.38. The highest BCUT2D eigenvalue weighted by molar-refractivity contribution is 14.0. The zero-order chi connectivity index (χ0) is 20.6. The Morgan fingerprint density at radius 2 is 2.00 bits per heavy atom. The zero-order valence-corrected chi connectivity index (χ0v) is 20.0. The molecule has 0 aliphatic carbocycles. The van der Waals surface area contributed by atoms with Crippen LogP contribution in [0.3, 0.4) is 0 Å². The van der Waals surface area contributed by atoms with Crippen molar-refractivity contribution in [1.82, 2.24) is 20.2 Å². The van der Waals surface area contributed by atoms with Gasteiger partial charge in [0.1, 0.15) is 5.82 Å². The lowest BCUT2D eigenvalue weighted by molar-refractivity contribution is 0.373. The molecule has 8 heteroatoms. The van der Waals surface area contributed by atoms with Crippen molar-refractivity contribution >= 4 is 41.0 Å². The highest BCUT2D eigenvalue weighted by Crippen LogP contribution is 2.26. The molecule has 0 bridgehead atoms. The number of rotatable bonds is 8. The fourth-order valence-electron chi connectivity index (χ4n) is 3.27. The maximum atomic E-state index is 9.91. The van der Waals surface area contributed by atoms with Gasteiger partial charge in [0, 0.05) is 19.6 Å². The molecule has 0 saturated heterocycles. The van der Waals surface area contributed by atoms with Gasteiger partial charge in [-0.05, 0) is 50.1 Å². The van der Waals surface area contributed by atoms with E-state index in [0.717, 1.165) is 48.9 Å². The molecule has 0 spiro atoms. The molecule has 1 heterocycles. The number of imidazole rings is 1. The molecule has 0 aliphatic heterocycles. The van der Waals surface area contributed by atoms with E-state index in [1.54, 1.807) is 12.1 Å². The van der Waals surface area contributed by atoms with E-state index in [4.69, 9.17) is 4.74 Å². The number of hydrogen-bond acceptors (Lipinski definition) is 4. The molecular formula is C22H30IN5O2. The molecule has 30 heavy (non-hydrogen) atoms. The third kappa shape index (κ3) is 6.01. The van der Waals surface area contributed by atoms with Crippen molar-refractivity contribution < 1.29 is 9.84 Å². The first-order valence-electron chi connectivity index (χ1n) is 9.92. The van der Waals surface area contributed by atoms with Crippen molar-refractivity contribution in [3.8, 4) is 11.5 Å². The van der Waals surface area contributed by atoms with Gasteiger partial charge in [-0.25, -0.2) is 9.98 Å². The number of aryl methyl sites for hydroxylation is 2. The Bertz CT molecular complexity index is 987. The van der Waals surface area contributed by atoms with Gasteiger partial charge in [0.15, 0.2) is 17.5 Å². The van der Waals surface area contributed by atoms with Crippen LogP contribution in [0.5, 0.6) is 11.5 Å². The molecule has 0 radical (unpaired) electrons. The minimum Gasteiger partial charge on any atom is -0.504 e. The molecule has 7 nitrogen and oxygen atoms in total. The van der Waals surface area contributed by atoms with Crippen LogP contribution in [0.25, 0.3) is 11.0 Å². The SMILES string of the molecule is CCNC(=NCc1ccc(OC)c(O)c1)NCCCn1c(C)nc2ccccc21.I. The second kappa shape index (κ2) is 11.6. The fraction of sp³-hybridized carbons (Fsp3) is 0.364. The van der Waals surface area contributed by atoms with Gasteiger partial charge in [0.05, 0.1) is 24.7 Å². The van der Waals surface area contributed by atoms with Crippen molar-refractivity contribution in [3.63, 3.8) is 0 Å². The molecule has 2 aromatic carbocycles. The molecular weight excluding hydrogens is 493 g/mol. The van der Waals surface area contributed by atoms with E-state index >= 15 is 0 Å². The van der Waals surface area contributed by atoms with Crippen LogP contribution < -0.4 is 15.4 Å². The Kier molecular flexibility index (Phi) is 9.22. The number of aromatic hydroxyl groups is 1. The van der Waals surface area contributed by atoms with Crippen molar-refractivity contribution in [2.45, 2.75) is 33.4 Å². The lowest BCUT2D eigenvalue weighted by Gasteiger charge is -2.12. The number of guanidine groups is 1. The number of fused-ring (bicyclic) bond motifs is 1. The average Bonchev–Trinajstić information content (AvgIpc) is 3.04. The van der Waals surface area contributed by atoms with Gasteiger partial charge in [-0.3, -0.25) is 0 Å². The summed E-state index contributed by atoms with van der Waals surface area (Å²) < 4.78 is 7.33. The first-order chi connectivity index (χ1) is 14.1. The molecule has 1 aromatic heterocycles. The largest absolute Gasteiger partial charge is 0.504 e. The van der Waals surface area contributed by atoms with Crippen LogP contribution in [0, 0.1) is 6.92 Å². The van der Waals surface area contributed by atoms with Crippen molar-refractivity contribution in [2.24, 2.45) is 4.99 Å². The number of nitrogens with zero attached hydrogens (tertiary/aromatic N) is 3. The predicted octanol–water partition coefficient (Wildman–Crippen LogP) is 3.82. The summed E-state index contributed by atoms with van der Waals surface area (Å²) in [5.74, 6) is 2.38. The monoisotopic (exact) mass is 523 g/mol. The molecule has 3 N–H and O–H groups in total. The highest BCUT2D eigenvalue weighted by Gasteiger charge is 2.06. The van der Waals surface area contributed by atoms with Gasteiger partial charge in [-0.2, -0.15) is 0 Å². The number of benzene rings is 2. The van der Waals surface area contributed by atoms with E-state index in [2.05, 4.69) is 31.2 Å². The average molecular weight is 523 g/mol. The maximum Gasteiger partial charge on any atom is 0.191 e. The second-order valence-electron chi connectivity index (χ2n) is 6.78. The van der Waals surface area contributed by atoms with E-state index in [0.29, 0.717) is 12.3 Å². The number of phenolic OH excluding ortho intramolecular Hbond substituents is 1. The van der Waals surface area contributed by atoms with Gasteiger partial charge >= 0.3 is 0 Å². The van der Waals surface area contributed by atoms with Crippen LogP contribution in [0.1, 0.15) is 24.7 Å². The van der Waals surface area contributed by atoms with Crippen LogP contribution >= 0.6 is 24.0 Å². The second-order valence-corrected chi connectivity index (χ2v) is 6.78. The summed E-state index contributed by atoms with van der Waals surface area (Å²) in [6, 6.07) is 13.5. The van der Waals surface area contributed by atoms with E-state index < -0.39 is 0 Å². The molecule has 0 atom stereocenters. The first-order valence-corrected chi connectivity index (χ1v) is 9.92.